The Hall–Kier alpha value is -3.40. The molecule has 10 heteroatoms. The molecule has 0 unspecified atom stereocenters. The molecule has 0 aliphatic heterocycles. The second kappa shape index (κ2) is 8.12. The molecule has 0 saturated heterocycles. The number of aromatic nitrogens is 5. The van der Waals surface area contributed by atoms with Crippen molar-refractivity contribution in [3.8, 4) is 22.0 Å². The van der Waals surface area contributed by atoms with Gasteiger partial charge in [-0.05, 0) is 55.9 Å². The van der Waals surface area contributed by atoms with Gasteiger partial charge in [0.15, 0.2) is 23.1 Å². The van der Waals surface area contributed by atoms with E-state index in [2.05, 4.69) is 30.2 Å². The zero-order chi connectivity index (χ0) is 23.4. The molecule has 3 saturated carbocycles. The van der Waals surface area contributed by atoms with E-state index in [1.54, 1.807) is 12.4 Å². The van der Waals surface area contributed by atoms with Crippen LogP contribution in [-0.2, 0) is 4.79 Å². The molecule has 3 aliphatic carbocycles. The summed E-state index contributed by atoms with van der Waals surface area (Å²) in [4.78, 5) is 34.0. The number of rotatable bonds is 5. The number of thiophene rings is 1. The van der Waals surface area contributed by atoms with E-state index in [9.17, 15) is 9.90 Å². The minimum Gasteiger partial charge on any atom is -0.481 e. The number of fused-ring (bicyclic) bond motifs is 4. The number of carboxylic acids is 1. The van der Waals surface area contributed by atoms with E-state index in [4.69, 9.17) is 0 Å². The van der Waals surface area contributed by atoms with Crippen molar-refractivity contribution >= 4 is 34.3 Å². The summed E-state index contributed by atoms with van der Waals surface area (Å²) in [6.45, 7) is 1.85. The first-order valence-electron chi connectivity index (χ1n) is 11.4. The van der Waals surface area contributed by atoms with Crippen LogP contribution < -0.4 is 5.32 Å². The number of nitrogens with one attached hydrogen (secondary N) is 2. The van der Waals surface area contributed by atoms with Gasteiger partial charge in [0.05, 0.1) is 28.2 Å². The Morgan fingerprint density at radius 2 is 2.00 bits per heavy atom. The van der Waals surface area contributed by atoms with E-state index < -0.39 is 17.7 Å². The highest BCUT2D eigenvalue weighted by molar-refractivity contribution is 7.13. The topological polar surface area (TPSA) is 117 Å². The Kier molecular flexibility index (Phi) is 5.05. The van der Waals surface area contributed by atoms with Gasteiger partial charge < -0.3 is 15.4 Å². The Balaban J connectivity index is 1.49. The van der Waals surface area contributed by atoms with Gasteiger partial charge in [-0.25, -0.2) is 24.3 Å². The van der Waals surface area contributed by atoms with E-state index in [1.807, 2.05) is 24.4 Å². The normalized spacial score (nSPS) is 23.9. The molecular formula is C24H23FN6O2S. The van der Waals surface area contributed by atoms with Crippen molar-refractivity contribution in [1.29, 1.82) is 0 Å². The second-order valence-corrected chi connectivity index (χ2v) is 10.1. The fourth-order valence-corrected chi connectivity index (χ4v) is 6.27. The fourth-order valence-electron chi connectivity index (χ4n) is 5.56. The number of carbonyl (C=O) groups is 1. The molecule has 7 rings (SSSR count). The minimum absolute atomic E-state index is 0.0344. The third-order valence-corrected chi connectivity index (χ3v) is 8.03. The lowest BCUT2D eigenvalue weighted by Crippen LogP contribution is -2.51. The number of carboxylic acid groups (broad SMARTS) is 1. The Bertz CT molecular complexity index is 1380. The number of hydrogen-bond donors (Lipinski definition) is 3. The van der Waals surface area contributed by atoms with Crippen molar-refractivity contribution in [2.45, 2.75) is 38.6 Å². The van der Waals surface area contributed by atoms with Crippen molar-refractivity contribution in [1.82, 2.24) is 24.9 Å². The zero-order valence-corrected chi connectivity index (χ0v) is 19.3. The van der Waals surface area contributed by atoms with Gasteiger partial charge >= 0.3 is 5.97 Å². The molecule has 0 radical (unpaired) electrons. The molecule has 2 atom stereocenters. The van der Waals surface area contributed by atoms with Crippen LogP contribution in [0, 0.1) is 30.5 Å². The predicted octanol–water partition coefficient (Wildman–Crippen LogP) is 4.89. The summed E-state index contributed by atoms with van der Waals surface area (Å²) in [6.07, 6.45) is 7.10. The highest BCUT2D eigenvalue weighted by Crippen LogP contribution is 2.46. The van der Waals surface area contributed by atoms with Crippen molar-refractivity contribution in [3.05, 3.63) is 41.4 Å². The van der Waals surface area contributed by atoms with Gasteiger partial charge in [-0.2, -0.15) is 0 Å². The van der Waals surface area contributed by atoms with E-state index in [0.717, 1.165) is 31.4 Å². The maximum Gasteiger partial charge on any atom is 0.308 e. The number of halogens is 1. The largest absolute Gasteiger partial charge is 0.481 e. The van der Waals surface area contributed by atoms with Crippen LogP contribution in [0.25, 0.3) is 33.1 Å². The summed E-state index contributed by atoms with van der Waals surface area (Å²) >= 11 is 1.39. The Labute approximate surface area is 198 Å². The van der Waals surface area contributed by atoms with Gasteiger partial charge in [0, 0.05) is 12.2 Å². The average molecular weight is 479 g/mol. The summed E-state index contributed by atoms with van der Waals surface area (Å²) in [5.41, 5.74) is 2.75. The van der Waals surface area contributed by atoms with Crippen molar-refractivity contribution in [3.63, 3.8) is 0 Å². The van der Waals surface area contributed by atoms with E-state index >= 15 is 4.39 Å². The van der Waals surface area contributed by atoms with Gasteiger partial charge in [0.25, 0.3) is 0 Å². The van der Waals surface area contributed by atoms with Crippen LogP contribution in [0.3, 0.4) is 0 Å². The number of aromatic amines is 1. The summed E-state index contributed by atoms with van der Waals surface area (Å²) in [5, 5.41) is 15.0. The molecule has 3 N–H and O–H groups in total. The molecule has 8 nitrogen and oxygen atoms in total. The molecule has 4 aromatic heterocycles. The van der Waals surface area contributed by atoms with Crippen molar-refractivity contribution < 1.29 is 14.3 Å². The van der Waals surface area contributed by atoms with Gasteiger partial charge in [-0.15, -0.1) is 11.3 Å². The van der Waals surface area contributed by atoms with Gasteiger partial charge in [0.1, 0.15) is 11.2 Å². The molecule has 0 aromatic carbocycles. The summed E-state index contributed by atoms with van der Waals surface area (Å²) in [6, 6.07) is 3.28. The van der Waals surface area contributed by atoms with Crippen LogP contribution in [0.1, 0.15) is 31.4 Å². The second-order valence-electron chi connectivity index (χ2n) is 9.16. The first-order chi connectivity index (χ1) is 16.5. The molecule has 0 spiro atoms. The zero-order valence-electron chi connectivity index (χ0n) is 18.5. The van der Waals surface area contributed by atoms with Gasteiger partial charge in [0.2, 0.25) is 0 Å². The van der Waals surface area contributed by atoms with Crippen molar-refractivity contribution in [2.24, 2.45) is 17.8 Å². The standard InChI is InChI=1S/C24H23FN6O2S/c1-11-9-26-23-19(28-11)14(10-27-23)21-30-20(15-3-2-8-34-15)17(25)22(31-21)29-18-13-6-4-12(5-7-13)16(18)24(32)33/h2-3,8-10,12-13,16,18H,4-7H2,1H3,(H,26,27)(H,32,33)(H,29,30,31)/t12?,13?,16-,18-/m1/s1. The maximum absolute atomic E-state index is 15.8. The smallest absolute Gasteiger partial charge is 0.308 e. The lowest BCUT2D eigenvalue weighted by Gasteiger charge is -2.47. The van der Waals surface area contributed by atoms with Crippen LogP contribution in [0.15, 0.2) is 29.9 Å². The highest BCUT2D eigenvalue weighted by Gasteiger charge is 2.47. The molecule has 4 heterocycles. The molecular weight excluding hydrogens is 455 g/mol. The van der Waals surface area contributed by atoms with Gasteiger partial charge in [-0.1, -0.05) is 6.07 Å². The van der Waals surface area contributed by atoms with E-state index in [0.29, 0.717) is 27.4 Å². The van der Waals surface area contributed by atoms with Crippen LogP contribution in [0.5, 0.6) is 0 Å². The summed E-state index contributed by atoms with van der Waals surface area (Å²) in [5.74, 6) is -1.33. The fraction of sp³-hybridized carbons (Fsp3) is 0.375. The number of aryl methyl sites for hydroxylation is 1. The molecule has 174 valence electrons. The first kappa shape index (κ1) is 21.2. The SMILES string of the molecule is Cc1cnc2[nH]cc(-c3nc(N[C@@H]4C5CCC(CC5)[C@H]4C(=O)O)c(F)c(-c4cccs4)n3)c2n1. The number of aliphatic carboxylic acids is 1. The van der Waals surface area contributed by atoms with Crippen LogP contribution >= 0.6 is 11.3 Å². The lowest BCUT2D eigenvalue weighted by molar-refractivity contribution is -0.148. The number of H-pyrrole nitrogens is 1. The number of nitrogens with zero attached hydrogens (tertiary/aromatic N) is 4. The Morgan fingerprint density at radius 3 is 2.74 bits per heavy atom. The minimum atomic E-state index is -0.831. The highest BCUT2D eigenvalue weighted by atomic mass is 32.1. The molecule has 4 aromatic rings. The summed E-state index contributed by atoms with van der Waals surface area (Å²) in [7, 11) is 0. The Morgan fingerprint density at radius 1 is 1.21 bits per heavy atom. The van der Waals surface area contributed by atoms with Gasteiger partial charge in [-0.3, -0.25) is 4.79 Å². The first-order valence-corrected chi connectivity index (χ1v) is 12.3. The van der Waals surface area contributed by atoms with Crippen LogP contribution in [-0.4, -0.2) is 42.0 Å². The molecule has 2 bridgehead atoms. The third kappa shape index (κ3) is 3.44. The average Bonchev–Trinajstić information content (AvgIpc) is 3.51. The van der Waals surface area contributed by atoms with E-state index in [-0.39, 0.29) is 29.4 Å². The van der Waals surface area contributed by atoms with Crippen LogP contribution in [0.2, 0.25) is 0 Å². The third-order valence-electron chi connectivity index (χ3n) is 7.16. The van der Waals surface area contributed by atoms with Crippen LogP contribution in [0.4, 0.5) is 10.2 Å². The van der Waals surface area contributed by atoms with E-state index in [1.165, 1.54) is 11.3 Å². The quantitative estimate of drug-likeness (QED) is 0.374. The molecule has 3 fully saturated rings. The monoisotopic (exact) mass is 478 g/mol. The number of anilines is 1. The lowest BCUT2D eigenvalue weighted by atomic mass is 9.61. The van der Waals surface area contributed by atoms with Crippen molar-refractivity contribution in [2.75, 3.05) is 5.32 Å². The molecule has 3 aliphatic rings. The number of hydrogen-bond acceptors (Lipinski definition) is 7. The summed E-state index contributed by atoms with van der Waals surface area (Å²) < 4.78 is 15.8. The maximum atomic E-state index is 15.8. The molecule has 34 heavy (non-hydrogen) atoms. The molecule has 0 amide bonds. The predicted molar refractivity (Wildman–Crippen MR) is 127 cm³/mol.